The first-order valence-corrected chi connectivity index (χ1v) is 17.3. The van der Waals surface area contributed by atoms with Crippen molar-refractivity contribution in [3.63, 3.8) is 0 Å². The number of carbonyl (C=O) groups excluding carboxylic acids is 1. The number of hydrogen-bond acceptors (Lipinski definition) is 1. The average molecular weight is 567 g/mol. The van der Waals surface area contributed by atoms with E-state index in [2.05, 4.69) is 100 Å². The van der Waals surface area contributed by atoms with E-state index in [9.17, 15) is 4.79 Å². The molecule has 2 saturated carbocycles. The largest absolute Gasteiger partial charge is 0.299 e. The fraction of sp³-hybridized carbons (Fsp3) is 0.683. The minimum atomic E-state index is 0.0644. The van der Waals surface area contributed by atoms with Gasteiger partial charge < -0.3 is 0 Å². The second-order valence-electron chi connectivity index (χ2n) is 18.2. The number of hydrogen-bond donors (Lipinski definition) is 0. The molecule has 0 saturated heterocycles. The highest BCUT2D eigenvalue weighted by molar-refractivity contribution is 5.86. The van der Waals surface area contributed by atoms with E-state index >= 15 is 0 Å². The van der Waals surface area contributed by atoms with E-state index in [1.807, 2.05) is 0 Å². The summed E-state index contributed by atoms with van der Waals surface area (Å²) in [6, 6.07) is 9.94. The maximum absolute atomic E-state index is 12.9. The van der Waals surface area contributed by atoms with Gasteiger partial charge in [-0.05, 0) is 128 Å². The molecular formula is C41H58O. The lowest BCUT2D eigenvalue weighted by molar-refractivity contribution is -0.120. The van der Waals surface area contributed by atoms with E-state index in [-0.39, 0.29) is 27.6 Å². The molecule has 0 aliphatic heterocycles. The van der Waals surface area contributed by atoms with Crippen LogP contribution in [-0.2, 0) is 32.9 Å². The van der Waals surface area contributed by atoms with Crippen LogP contribution in [0, 0.1) is 11.8 Å². The van der Waals surface area contributed by atoms with Crippen molar-refractivity contribution in [3.8, 4) is 0 Å². The SMILES string of the molecule is CC1c2c(C(C)(C)CCC(C)(C)c3ccc(C(C)(C)C)c4c3C3CCC(=O)C3C4)ccc(C(C)(C)C)c2C2CCCC12. The number of ketones is 1. The molecule has 4 aliphatic carbocycles. The van der Waals surface area contributed by atoms with E-state index in [0.29, 0.717) is 17.6 Å². The molecular weight excluding hydrogens is 508 g/mol. The Bertz CT molecular complexity index is 1400. The molecule has 0 radical (unpaired) electrons. The normalized spacial score (nSPS) is 27.3. The molecule has 4 aliphatic rings. The van der Waals surface area contributed by atoms with Crippen molar-refractivity contribution in [2.45, 2.75) is 167 Å². The third-order valence-electron chi connectivity index (χ3n) is 12.5. The van der Waals surface area contributed by atoms with Crippen LogP contribution in [0.15, 0.2) is 24.3 Å². The molecule has 5 unspecified atom stereocenters. The van der Waals surface area contributed by atoms with Gasteiger partial charge in [0.25, 0.3) is 0 Å². The Hall–Kier alpha value is -1.89. The smallest absolute Gasteiger partial charge is 0.136 e. The van der Waals surface area contributed by atoms with Crippen LogP contribution in [0.3, 0.4) is 0 Å². The minimum absolute atomic E-state index is 0.0644. The van der Waals surface area contributed by atoms with Crippen molar-refractivity contribution in [3.05, 3.63) is 68.8 Å². The van der Waals surface area contributed by atoms with Gasteiger partial charge >= 0.3 is 0 Å². The lowest BCUT2D eigenvalue weighted by Crippen LogP contribution is -2.28. The zero-order chi connectivity index (χ0) is 30.6. The monoisotopic (exact) mass is 566 g/mol. The maximum atomic E-state index is 12.9. The zero-order valence-electron chi connectivity index (χ0n) is 28.8. The lowest BCUT2D eigenvalue weighted by atomic mass is 9.68. The van der Waals surface area contributed by atoms with Gasteiger partial charge in [0, 0.05) is 12.3 Å². The van der Waals surface area contributed by atoms with Gasteiger partial charge in [-0.1, -0.05) is 107 Å². The van der Waals surface area contributed by atoms with Crippen LogP contribution >= 0.6 is 0 Å². The van der Waals surface area contributed by atoms with Crippen molar-refractivity contribution < 1.29 is 4.79 Å². The van der Waals surface area contributed by atoms with Crippen molar-refractivity contribution in [2.24, 2.45) is 11.8 Å². The first-order chi connectivity index (χ1) is 19.4. The molecule has 42 heavy (non-hydrogen) atoms. The summed E-state index contributed by atoms with van der Waals surface area (Å²) in [6.45, 7) is 26.8. The highest BCUT2D eigenvalue weighted by Gasteiger charge is 2.48. The summed E-state index contributed by atoms with van der Waals surface area (Å²) in [7, 11) is 0. The molecule has 0 heterocycles. The summed E-state index contributed by atoms with van der Waals surface area (Å²) in [5, 5.41) is 0. The molecule has 5 atom stereocenters. The average Bonchev–Trinajstić information content (AvgIpc) is 3.65. The second kappa shape index (κ2) is 9.81. The molecule has 0 spiro atoms. The Kier molecular flexibility index (Phi) is 7.04. The lowest BCUT2D eigenvalue weighted by Gasteiger charge is -2.37. The fourth-order valence-corrected chi connectivity index (χ4v) is 10.2. The summed E-state index contributed by atoms with van der Waals surface area (Å²) in [5.41, 5.74) is 13.2. The molecule has 2 aromatic rings. The summed E-state index contributed by atoms with van der Waals surface area (Å²) >= 11 is 0. The Labute approximate surface area is 257 Å². The molecule has 2 fully saturated rings. The Morgan fingerprint density at radius 2 is 1.17 bits per heavy atom. The predicted molar refractivity (Wildman–Crippen MR) is 178 cm³/mol. The summed E-state index contributed by atoms with van der Waals surface area (Å²) < 4.78 is 0. The number of carbonyl (C=O) groups is 1. The van der Waals surface area contributed by atoms with Crippen molar-refractivity contribution >= 4 is 5.78 Å². The van der Waals surface area contributed by atoms with Gasteiger partial charge in [0.1, 0.15) is 5.78 Å². The molecule has 0 amide bonds. The van der Waals surface area contributed by atoms with Crippen LogP contribution < -0.4 is 0 Å². The van der Waals surface area contributed by atoms with E-state index in [0.717, 1.165) is 37.5 Å². The van der Waals surface area contributed by atoms with Crippen LogP contribution in [0.2, 0.25) is 0 Å². The van der Waals surface area contributed by atoms with E-state index < -0.39 is 0 Å². The van der Waals surface area contributed by atoms with Crippen molar-refractivity contribution in [1.29, 1.82) is 0 Å². The molecule has 0 bridgehead atoms. The van der Waals surface area contributed by atoms with Gasteiger partial charge in [-0.25, -0.2) is 0 Å². The van der Waals surface area contributed by atoms with E-state index in [1.54, 1.807) is 27.8 Å². The third-order valence-corrected chi connectivity index (χ3v) is 12.5. The molecule has 2 aromatic carbocycles. The number of Topliss-reactive ketones (excluding diaryl/α,β-unsaturated/α-hetero) is 1. The van der Waals surface area contributed by atoms with Crippen LogP contribution in [0.1, 0.15) is 183 Å². The van der Waals surface area contributed by atoms with Gasteiger partial charge in [-0.2, -0.15) is 0 Å². The third kappa shape index (κ3) is 4.66. The van der Waals surface area contributed by atoms with Crippen LogP contribution in [-0.4, -0.2) is 5.78 Å². The molecule has 228 valence electrons. The Balaban J connectivity index is 1.35. The summed E-state index contributed by atoms with van der Waals surface area (Å²) in [6.07, 6.45) is 9.29. The van der Waals surface area contributed by atoms with Crippen LogP contribution in [0.5, 0.6) is 0 Å². The molecule has 0 aromatic heterocycles. The predicted octanol–water partition coefficient (Wildman–Crippen LogP) is 10.9. The molecule has 1 heteroatoms. The standard InChI is InChI=1S/C41H58O/c1-24-25-13-12-14-26(25)37-31(39(5,6)7)17-19-32(35(24)37)40(8,9)21-22-41(10,11)33-18-16-30(38(2,3)4)29-23-28-27(36(29)33)15-20-34(28)42/h16-19,24-28H,12-15,20-23H2,1-11H3. The van der Waals surface area contributed by atoms with Crippen molar-refractivity contribution in [2.75, 3.05) is 0 Å². The van der Waals surface area contributed by atoms with Gasteiger partial charge in [0.05, 0.1) is 0 Å². The van der Waals surface area contributed by atoms with Gasteiger partial charge in [-0.15, -0.1) is 0 Å². The maximum Gasteiger partial charge on any atom is 0.136 e. The minimum Gasteiger partial charge on any atom is -0.299 e. The van der Waals surface area contributed by atoms with Crippen molar-refractivity contribution in [1.82, 2.24) is 0 Å². The van der Waals surface area contributed by atoms with Gasteiger partial charge in [-0.3, -0.25) is 4.79 Å². The zero-order valence-corrected chi connectivity index (χ0v) is 28.8. The number of fused-ring (bicyclic) bond motifs is 6. The van der Waals surface area contributed by atoms with Gasteiger partial charge in [0.15, 0.2) is 0 Å². The number of benzene rings is 2. The Morgan fingerprint density at radius 1 is 0.619 bits per heavy atom. The van der Waals surface area contributed by atoms with E-state index in [4.69, 9.17) is 0 Å². The summed E-state index contributed by atoms with van der Waals surface area (Å²) in [5.74, 6) is 3.43. The fourth-order valence-electron chi connectivity index (χ4n) is 10.2. The molecule has 0 N–H and O–H groups in total. The molecule has 6 rings (SSSR count). The van der Waals surface area contributed by atoms with E-state index in [1.165, 1.54) is 42.4 Å². The summed E-state index contributed by atoms with van der Waals surface area (Å²) in [4.78, 5) is 12.9. The first kappa shape index (κ1) is 30.1. The second-order valence-corrected chi connectivity index (χ2v) is 18.2. The highest BCUT2D eigenvalue weighted by Crippen LogP contribution is 2.59. The first-order valence-electron chi connectivity index (χ1n) is 17.3. The highest BCUT2D eigenvalue weighted by atomic mass is 16.1. The number of rotatable bonds is 5. The quantitative estimate of drug-likeness (QED) is 0.352. The molecule has 1 nitrogen and oxygen atoms in total. The van der Waals surface area contributed by atoms with Crippen LogP contribution in [0.4, 0.5) is 0 Å². The van der Waals surface area contributed by atoms with Crippen LogP contribution in [0.25, 0.3) is 0 Å². The van der Waals surface area contributed by atoms with Gasteiger partial charge in [0.2, 0.25) is 0 Å². The topological polar surface area (TPSA) is 17.1 Å². The Morgan fingerprint density at radius 3 is 1.76 bits per heavy atom.